The lowest BCUT2D eigenvalue weighted by Gasteiger charge is -2.14. The van der Waals surface area contributed by atoms with Crippen LogP contribution in [-0.4, -0.2) is 53.4 Å². The number of aromatic amines is 2. The molecule has 0 fully saturated rings. The summed E-state index contributed by atoms with van der Waals surface area (Å²) in [7, 11) is 1.33. The van der Waals surface area contributed by atoms with E-state index in [0.717, 1.165) is 61.4 Å². The van der Waals surface area contributed by atoms with Gasteiger partial charge in [0.05, 0.1) is 35.1 Å². The first-order chi connectivity index (χ1) is 33.5. The second kappa shape index (κ2) is 21.7. The molecule has 0 unspecified atom stereocenters. The Kier molecular flexibility index (Phi) is 14.1. The third-order valence-corrected chi connectivity index (χ3v) is 10.4. The lowest BCUT2D eigenvalue weighted by Crippen LogP contribution is -2.07. The number of rotatable bonds is 17. The van der Waals surface area contributed by atoms with E-state index in [1.165, 1.54) is 19.8 Å². The van der Waals surface area contributed by atoms with Gasteiger partial charge in [-0.25, -0.2) is 24.7 Å². The number of pyridine rings is 2. The van der Waals surface area contributed by atoms with Crippen molar-refractivity contribution in [2.75, 3.05) is 7.11 Å². The number of ether oxygens (including phenoxy) is 6. The summed E-state index contributed by atoms with van der Waals surface area (Å²) in [5.74, 6) is 4.13. The van der Waals surface area contributed by atoms with Crippen LogP contribution in [-0.2, 0) is 37.8 Å². The Hall–Kier alpha value is -9.11. The fourth-order valence-corrected chi connectivity index (χ4v) is 6.98. The van der Waals surface area contributed by atoms with Crippen LogP contribution in [0.1, 0.15) is 38.7 Å². The molecule has 4 heterocycles. The van der Waals surface area contributed by atoms with Gasteiger partial charge in [-0.2, -0.15) is 10.2 Å². The van der Waals surface area contributed by atoms with Crippen molar-refractivity contribution in [3.63, 3.8) is 0 Å². The van der Waals surface area contributed by atoms with Crippen LogP contribution in [0.5, 0.6) is 28.7 Å². The first-order valence-corrected chi connectivity index (χ1v) is 21.5. The highest BCUT2D eigenvalue weighted by molar-refractivity contribution is 5.90. The third kappa shape index (κ3) is 11.8. The van der Waals surface area contributed by atoms with Crippen LogP contribution in [0.25, 0.3) is 33.2 Å². The number of H-pyrrole nitrogens is 2. The van der Waals surface area contributed by atoms with Gasteiger partial charge in [0.1, 0.15) is 74.4 Å². The summed E-state index contributed by atoms with van der Waals surface area (Å²) in [4.78, 5) is 29.5. The number of fused-ring (bicyclic) bond motifs is 2. The number of carbonyl (C=O) groups excluding carboxylic acids is 1. The molecule has 10 aromatic rings. The highest BCUT2D eigenvalue weighted by Gasteiger charge is 2.14. The van der Waals surface area contributed by atoms with E-state index in [1.807, 2.05) is 133 Å². The van der Waals surface area contributed by atoms with Crippen LogP contribution in [0.3, 0.4) is 0 Å². The second-order valence-corrected chi connectivity index (χ2v) is 15.2. The van der Waals surface area contributed by atoms with Crippen molar-refractivity contribution in [1.82, 2.24) is 40.3 Å². The van der Waals surface area contributed by atoms with Crippen LogP contribution >= 0.6 is 0 Å². The molecule has 0 amide bonds. The number of para-hydroxylation sites is 2. The molecule has 0 aliphatic carbocycles. The van der Waals surface area contributed by atoms with E-state index in [0.29, 0.717) is 54.3 Å². The zero-order valence-corrected chi connectivity index (χ0v) is 36.8. The first-order valence-electron chi connectivity index (χ1n) is 21.5. The van der Waals surface area contributed by atoms with E-state index in [-0.39, 0.29) is 13.2 Å². The van der Waals surface area contributed by atoms with E-state index >= 15 is 0 Å². The molecule has 0 saturated heterocycles. The maximum Gasteiger partial charge on any atom is 0.337 e. The molecule has 2 N–H and O–H groups in total. The van der Waals surface area contributed by atoms with Gasteiger partial charge in [0.25, 0.3) is 0 Å². The van der Waals surface area contributed by atoms with Crippen molar-refractivity contribution in [3.05, 3.63) is 210 Å². The van der Waals surface area contributed by atoms with Crippen LogP contribution in [0, 0.1) is 0 Å². The summed E-state index contributed by atoms with van der Waals surface area (Å²) in [6, 6.07) is 52.2. The highest BCUT2D eigenvalue weighted by Crippen LogP contribution is 2.27. The highest BCUT2D eigenvalue weighted by atomic mass is 16.5. The monoisotopic (exact) mass is 904 g/mol. The zero-order chi connectivity index (χ0) is 46.3. The molecule has 0 radical (unpaired) electrons. The molecule has 0 aliphatic rings. The van der Waals surface area contributed by atoms with Gasteiger partial charge in [0.15, 0.2) is 11.6 Å². The Morgan fingerprint density at radius 3 is 1.76 bits per heavy atom. The quantitative estimate of drug-likeness (QED) is 0.0825. The lowest BCUT2D eigenvalue weighted by atomic mass is 10.1. The van der Waals surface area contributed by atoms with Gasteiger partial charge in [-0.15, -0.1) is 0 Å². The fourth-order valence-electron chi connectivity index (χ4n) is 6.98. The lowest BCUT2D eigenvalue weighted by molar-refractivity contribution is 0.0600. The maximum absolute atomic E-state index is 12.0. The SMILES string of the molecule is COC(=O)c1ccc(COc2cccc(OCc3ccc4ccccc4n3)c2)c(OCc2ncn[nH]2)c1.c1cc(COc2cccc(-c3ncn[nH]3)c2)cc(OCc2ccc3ccccc3n2)c1. The fraction of sp³-hybridized carbons (Fsp3) is 0.113. The standard InChI is InChI=1S/C28H24N4O5.C25H20N4O2/c1-34-28(33)20-9-10-21(26(13-20)37-17-27-29-18-30-32-27)15-35-23-6-4-7-24(14-23)36-16-22-12-11-19-5-2-3-8-25(19)31-22;1-2-10-24-19(6-1)11-12-21(28-24)16-31-22-8-3-5-18(13-22)15-30-23-9-4-7-20(14-23)25-26-17-27-29-25/h2-14,18H,15-17H2,1H3,(H,29,30,32);1-14,17H,15-16H2,(H,26,27,29). The predicted octanol–water partition coefficient (Wildman–Crippen LogP) is 10.1. The minimum atomic E-state index is -0.456. The van der Waals surface area contributed by atoms with Crippen molar-refractivity contribution in [2.45, 2.75) is 33.0 Å². The number of hydrogen-bond acceptors (Lipinski definition) is 13. The molecule has 0 saturated carbocycles. The van der Waals surface area contributed by atoms with Gasteiger partial charge < -0.3 is 28.4 Å². The molecule has 10 rings (SSSR count). The topological polar surface area (TPSA) is 181 Å². The van der Waals surface area contributed by atoms with Crippen molar-refractivity contribution >= 4 is 27.8 Å². The van der Waals surface area contributed by atoms with Gasteiger partial charge in [-0.1, -0.05) is 84.9 Å². The minimum absolute atomic E-state index is 0.157. The number of methoxy groups -OCH3 is 1. The Morgan fingerprint density at radius 1 is 0.500 bits per heavy atom. The molecule has 0 atom stereocenters. The Bertz CT molecular complexity index is 3240. The van der Waals surface area contributed by atoms with Crippen LogP contribution in [0.15, 0.2) is 176 Å². The number of esters is 1. The maximum atomic E-state index is 12.0. The molecule has 15 heteroatoms. The largest absolute Gasteiger partial charge is 0.489 e. The van der Waals surface area contributed by atoms with Crippen LogP contribution in [0.4, 0.5) is 0 Å². The van der Waals surface area contributed by atoms with Crippen molar-refractivity contribution < 1.29 is 33.2 Å². The molecule has 15 nitrogen and oxygen atoms in total. The number of benzene rings is 6. The van der Waals surface area contributed by atoms with Crippen molar-refractivity contribution in [1.29, 1.82) is 0 Å². The molecular weight excluding hydrogens is 861 g/mol. The molecule has 4 aromatic heterocycles. The molecular formula is C53H44N8O7. The molecule has 338 valence electrons. The van der Waals surface area contributed by atoms with E-state index in [2.05, 4.69) is 52.5 Å². The van der Waals surface area contributed by atoms with Gasteiger partial charge in [0.2, 0.25) is 0 Å². The normalized spacial score (nSPS) is 10.8. The summed E-state index contributed by atoms with van der Waals surface area (Å²) in [6.45, 7) is 1.55. The Labute approximate surface area is 390 Å². The van der Waals surface area contributed by atoms with Crippen LogP contribution in [0.2, 0.25) is 0 Å². The number of carbonyl (C=O) groups is 1. The van der Waals surface area contributed by atoms with E-state index in [4.69, 9.17) is 28.4 Å². The summed E-state index contributed by atoms with van der Waals surface area (Å²) in [5, 5.41) is 15.5. The van der Waals surface area contributed by atoms with Crippen molar-refractivity contribution in [3.8, 4) is 40.1 Å². The van der Waals surface area contributed by atoms with Gasteiger partial charge in [0, 0.05) is 28.0 Å². The predicted molar refractivity (Wildman–Crippen MR) is 254 cm³/mol. The average molecular weight is 905 g/mol. The van der Waals surface area contributed by atoms with Crippen molar-refractivity contribution in [2.24, 2.45) is 0 Å². The average Bonchev–Trinajstić information content (AvgIpc) is 4.15. The zero-order valence-electron chi connectivity index (χ0n) is 36.8. The summed E-state index contributed by atoms with van der Waals surface area (Å²) < 4.78 is 34.6. The van der Waals surface area contributed by atoms with Crippen LogP contribution < -0.4 is 23.7 Å². The minimum Gasteiger partial charge on any atom is -0.489 e. The number of nitrogens with zero attached hydrogens (tertiary/aromatic N) is 6. The molecule has 68 heavy (non-hydrogen) atoms. The summed E-state index contributed by atoms with van der Waals surface area (Å²) >= 11 is 0. The third-order valence-electron chi connectivity index (χ3n) is 10.4. The number of nitrogens with one attached hydrogen (secondary N) is 2. The molecule has 6 aromatic carbocycles. The van der Waals surface area contributed by atoms with Gasteiger partial charge >= 0.3 is 5.97 Å². The smallest absolute Gasteiger partial charge is 0.337 e. The molecule has 0 spiro atoms. The summed E-state index contributed by atoms with van der Waals surface area (Å²) in [6.07, 6.45) is 2.89. The Morgan fingerprint density at radius 2 is 1.10 bits per heavy atom. The second-order valence-electron chi connectivity index (χ2n) is 15.2. The van der Waals surface area contributed by atoms with E-state index in [1.54, 1.807) is 18.2 Å². The Balaban J connectivity index is 0.000000172. The van der Waals surface area contributed by atoms with E-state index < -0.39 is 5.97 Å². The molecule has 0 bridgehead atoms. The van der Waals surface area contributed by atoms with Gasteiger partial charge in [-0.3, -0.25) is 10.2 Å². The number of hydrogen-bond donors (Lipinski definition) is 2. The van der Waals surface area contributed by atoms with E-state index in [9.17, 15) is 4.79 Å². The first kappa shape index (κ1) is 44.1. The van der Waals surface area contributed by atoms with Gasteiger partial charge in [-0.05, 0) is 78.4 Å². The molecule has 0 aliphatic heterocycles. The summed E-state index contributed by atoms with van der Waals surface area (Å²) in [5.41, 5.74) is 6.70. The number of aromatic nitrogens is 8.